The van der Waals surface area contributed by atoms with Gasteiger partial charge in [0.1, 0.15) is 5.60 Å². The quantitative estimate of drug-likeness (QED) is 0.833. The molecule has 1 rings (SSSR count). The van der Waals surface area contributed by atoms with E-state index in [1.54, 1.807) is 0 Å². The summed E-state index contributed by atoms with van der Waals surface area (Å²) in [6.45, 7) is 8.22. The molecule has 0 saturated heterocycles. The summed E-state index contributed by atoms with van der Waals surface area (Å²) in [5.74, 6) is 0. The molecule has 1 amide bonds. The smallest absolute Gasteiger partial charge is 0.407 e. The number of unbranched alkanes of at least 4 members (excludes halogenated alkanes) is 1. The van der Waals surface area contributed by atoms with Gasteiger partial charge in [-0.15, -0.1) is 0 Å². The number of alkyl carbamates (subject to hydrolysis) is 1. The third kappa shape index (κ3) is 8.18. The third-order valence-corrected chi connectivity index (χ3v) is 2.87. The van der Waals surface area contributed by atoms with E-state index in [0.29, 0.717) is 6.54 Å². The molecule has 3 nitrogen and oxygen atoms in total. The van der Waals surface area contributed by atoms with Gasteiger partial charge in [-0.1, -0.05) is 49.8 Å². The monoisotopic (exact) mass is 289 g/mol. The maximum atomic E-state index is 11.4. The highest BCUT2D eigenvalue weighted by Crippen LogP contribution is 2.09. The molecule has 0 fully saturated rings. The van der Waals surface area contributed by atoms with Gasteiger partial charge in [0.15, 0.2) is 0 Å². The van der Waals surface area contributed by atoms with Crippen molar-refractivity contribution in [2.24, 2.45) is 0 Å². The predicted octanol–water partition coefficient (Wildman–Crippen LogP) is 4.57. The van der Waals surface area contributed by atoms with Gasteiger partial charge in [0.05, 0.1) is 0 Å². The van der Waals surface area contributed by atoms with Crippen molar-refractivity contribution in [2.45, 2.75) is 52.6 Å². The zero-order valence-electron chi connectivity index (χ0n) is 13.6. The third-order valence-electron chi connectivity index (χ3n) is 2.87. The fourth-order valence-electron chi connectivity index (χ4n) is 1.83. The Hall–Kier alpha value is -1.77. The van der Waals surface area contributed by atoms with Gasteiger partial charge >= 0.3 is 6.09 Å². The van der Waals surface area contributed by atoms with Gasteiger partial charge in [0.25, 0.3) is 0 Å². The lowest BCUT2D eigenvalue weighted by Crippen LogP contribution is -2.32. The van der Waals surface area contributed by atoms with Crippen molar-refractivity contribution >= 4 is 12.2 Å². The summed E-state index contributed by atoms with van der Waals surface area (Å²) in [5, 5.41) is 2.70. The Morgan fingerprint density at radius 3 is 2.48 bits per heavy atom. The van der Waals surface area contributed by atoms with Crippen LogP contribution in [-0.4, -0.2) is 18.2 Å². The molecule has 0 unspecified atom stereocenters. The van der Waals surface area contributed by atoms with E-state index >= 15 is 0 Å². The van der Waals surface area contributed by atoms with Crippen LogP contribution in [0.5, 0.6) is 0 Å². The van der Waals surface area contributed by atoms with Gasteiger partial charge in [-0.05, 0) is 44.7 Å². The Kier molecular flexibility index (Phi) is 7.00. The average Bonchev–Trinajstić information content (AvgIpc) is 2.41. The van der Waals surface area contributed by atoms with Crippen LogP contribution < -0.4 is 5.32 Å². The number of hydrogen-bond donors (Lipinski definition) is 1. The molecule has 0 aliphatic carbocycles. The summed E-state index contributed by atoms with van der Waals surface area (Å²) in [5.41, 5.74) is 2.06. The fourth-order valence-corrected chi connectivity index (χ4v) is 1.83. The van der Waals surface area contributed by atoms with Crippen molar-refractivity contribution in [1.29, 1.82) is 0 Å². The van der Waals surface area contributed by atoms with E-state index in [2.05, 4.69) is 36.5 Å². The van der Waals surface area contributed by atoms with Crippen molar-refractivity contribution in [3.05, 3.63) is 41.5 Å². The Labute approximate surface area is 128 Å². The van der Waals surface area contributed by atoms with Crippen LogP contribution in [0.4, 0.5) is 4.79 Å². The summed E-state index contributed by atoms with van der Waals surface area (Å²) in [7, 11) is 0. The summed E-state index contributed by atoms with van der Waals surface area (Å²) in [6.07, 6.45) is 7.13. The minimum Gasteiger partial charge on any atom is -0.444 e. The van der Waals surface area contributed by atoms with Crippen molar-refractivity contribution in [2.75, 3.05) is 6.54 Å². The lowest BCUT2D eigenvalue weighted by atomic mass is 10.1. The lowest BCUT2D eigenvalue weighted by molar-refractivity contribution is 0.0534. The first-order chi connectivity index (χ1) is 9.90. The van der Waals surface area contributed by atoms with Gasteiger partial charge < -0.3 is 10.1 Å². The SMILES string of the molecule is CCCCc1ccc(C=CCNC(=O)OC(C)(C)C)cc1. The molecule has 1 N–H and O–H groups in total. The van der Waals surface area contributed by atoms with Crippen LogP contribution in [-0.2, 0) is 11.2 Å². The van der Waals surface area contributed by atoms with E-state index in [9.17, 15) is 4.79 Å². The average molecular weight is 289 g/mol. The van der Waals surface area contributed by atoms with Crippen molar-refractivity contribution in [3.63, 3.8) is 0 Å². The molecule has 116 valence electrons. The van der Waals surface area contributed by atoms with Gasteiger partial charge in [0.2, 0.25) is 0 Å². The van der Waals surface area contributed by atoms with Gasteiger partial charge in [-0.2, -0.15) is 0 Å². The maximum absolute atomic E-state index is 11.4. The van der Waals surface area contributed by atoms with Crippen LogP contribution in [0.15, 0.2) is 30.3 Å². The first-order valence-electron chi connectivity index (χ1n) is 7.63. The highest BCUT2D eigenvalue weighted by molar-refractivity contribution is 5.68. The van der Waals surface area contributed by atoms with Crippen LogP contribution in [0.3, 0.4) is 0 Å². The zero-order chi connectivity index (χ0) is 15.7. The molecule has 0 radical (unpaired) electrons. The van der Waals surface area contributed by atoms with Gasteiger partial charge in [0, 0.05) is 6.54 Å². The second kappa shape index (κ2) is 8.50. The molecule has 21 heavy (non-hydrogen) atoms. The van der Waals surface area contributed by atoms with Crippen LogP contribution >= 0.6 is 0 Å². The first kappa shape index (κ1) is 17.3. The highest BCUT2D eigenvalue weighted by Gasteiger charge is 2.14. The predicted molar refractivity (Wildman–Crippen MR) is 88.3 cm³/mol. The molecule has 0 bridgehead atoms. The second-order valence-corrected chi connectivity index (χ2v) is 6.13. The number of carbonyl (C=O) groups is 1. The number of carbonyl (C=O) groups excluding carboxylic acids is 1. The number of amides is 1. The molecule has 1 aromatic carbocycles. The van der Waals surface area contributed by atoms with Crippen molar-refractivity contribution in [1.82, 2.24) is 5.32 Å². The van der Waals surface area contributed by atoms with E-state index in [1.165, 1.54) is 18.4 Å². The largest absolute Gasteiger partial charge is 0.444 e. The number of nitrogens with one attached hydrogen (secondary N) is 1. The van der Waals surface area contributed by atoms with E-state index in [4.69, 9.17) is 4.74 Å². The molecular weight excluding hydrogens is 262 g/mol. The van der Waals surface area contributed by atoms with E-state index in [-0.39, 0.29) is 6.09 Å². The van der Waals surface area contributed by atoms with Crippen LogP contribution in [0, 0.1) is 0 Å². The minimum absolute atomic E-state index is 0.387. The molecule has 0 aliphatic rings. The Bertz CT molecular complexity index is 455. The molecule has 0 heterocycles. The zero-order valence-corrected chi connectivity index (χ0v) is 13.6. The summed E-state index contributed by atoms with van der Waals surface area (Å²) >= 11 is 0. The van der Waals surface area contributed by atoms with E-state index in [0.717, 1.165) is 12.0 Å². The molecule has 3 heteroatoms. The Morgan fingerprint density at radius 2 is 1.90 bits per heavy atom. The number of rotatable bonds is 6. The molecule has 0 aromatic heterocycles. The Morgan fingerprint density at radius 1 is 1.24 bits per heavy atom. The number of ether oxygens (including phenoxy) is 1. The number of aryl methyl sites for hydroxylation is 1. The van der Waals surface area contributed by atoms with Crippen LogP contribution in [0.25, 0.3) is 6.08 Å². The van der Waals surface area contributed by atoms with E-state index < -0.39 is 5.60 Å². The fraction of sp³-hybridized carbons (Fsp3) is 0.500. The normalized spacial score (nSPS) is 11.6. The second-order valence-electron chi connectivity index (χ2n) is 6.13. The topological polar surface area (TPSA) is 38.3 Å². The number of benzene rings is 1. The van der Waals surface area contributed by atoms with Crippen molar-refractivity contribution in [3.8, 4) is 0 Å². The van der Waals surface area contributed by atoms with E-state index in [1.807, 2.05) is 32.9 Å². The maximum Gasteiger partial charge on any atom is 0.407 e. The van der Waals surface area contributed by atoms with Crippen LogP contribution in [0.1, 0.15) is 51.7 Å². The summed E-state index contributed by atoms with van der Waals surface area (Å²) < 4.78 is 5.16. The van der Waals surface area contributed by atoms with Crippen LogP contribution in [0.2, 0.25) is 0 Å². The van der Waals surface area contributed by atoms with Crippen molar-refractivity contribution < 1.29 is 9.53 Å². The number of hydrogen-bond acceptors (Lipinski definition) is 2. The Balaban J connectivity index is 2.35. The lowest BCUT2D eigenvalue weighted by Gasteiger charge is -2.19. The highest BCUT2D eigenvalue weighted by atomic mass is 16.6. The molecule has 0 atom stereocenters. The van der Waals surface area contributed by atoms with Gasteiger partial charge in [-0.25, -0.2) is 4.79 Å². The molecule has 1 aromatic rings. The molecule has 0 saturated carbocycles. The standard InChI is InChI=1S/C18H27NO2/c1-5-6-8-15-10-12-16(13-11-15)9-7-14-19-17(20)21-18(2,3)4/h7,9-13H,5-6,8,14H2,1-4H3,(H,19,20). The first-order valence-corrected chi connectivity index (χ1v) is 7.63. The molecule has 0 aliphatic heterocycles. The molecule has 0 spiro atoms. The molecular formula is C18H27NO2. The van der Waals surface area contributed by atoms with Gasteiger partial charge in [-0.3, -0.25) is 0 Å². The minimum atomic E-state index is -0.456. The summed E-state index contributed by atoms with van der Waals surface area (Å²) in [6, 6.07) is 8.54. The summed E-state index contributed by atoms with van der Waals surface area (Å²) in [4.78, 5) is 11.4.